The van der Waals surface area contributed by atoms with E-state index in [1.54, 1.807) is 0 Å². The van der Waals surface area contributed by atoms with Crippen molar-refractivity contribution >= 4 is 61.4 Å². The van der Waals surface area contributed by atoms with Crippen molar-refractivity contribution in [3.63, 3.8) is 0 Å². The highest BCUT2D eigenvalue weighted by molar-refractivity contribution is 7.92. The standard InChI is InChI=1S/C44H39ClF10N8O8S2/c1-41(2,73(3,70)71)11-10-23-4-5-24(25-6-7-28(45)35-31(59-62(37(25)35)19-42(48,49)50)17-63(72(68)69)40(67)29(56)8-9-33(65)66)36(57-23)30(14-20-12-21(46)15-22(47)13-20)58-32(64)18-61-39-34(38(60-61)44(53,54)55)26-16-27(26)43(39,51)52/h4-7,12-13,15,26-27,29-30H,8-9,14,16-19,56H2,1-3H3,(H,58,64)(H,65,66)(H,68,69)/p-1/t26-,27+,29?,30?/m0/s1. The number of nitrogens with one attached hydrogen (secondary N) is 1. The molecule has 16 nitrogen and oxygen atoms in total. The lowest BCUT2D eigenvalue weighted by Crippen LogP contribution is -2.44. The number of carbonyl (C=O) groups excluding carboxylic acids is 2. The van der Waals surface area contributed by atoms with E-state index in [0.29, 0.717) is 10.7 Å². The molecule has 392 valence electrons. The van der Waals surface area contributed by atoms with E-state index in [0.717, 1.165) is 42.7 Å². The molecule has 3 unspecified atom stereocenters. The molecular formula is C44H38ClF10N8O8S2-. The zero-order valence-electron chi connectivity index (χ0n) is 37.8. The van der Waals surface area contributed by atoms with Crippen LogP contribution in [0.1, 0.15) is 84.7 Å². The average Bonchev–Trinajstić information content (AvgIpc) is 3.78. The highest BCUT2D eigenvalue weighted by Crippen LogP contribution is 2.68. The van der Waals surface area contributed by atoms with Crippen LogP contribution in [0.3, 0.4) is 0 Å². The first-order valence-electron chi connectivity index (χ1n) is 21.4. The van der Waals surface area contributed by atoms with Gasteiger partial charge in [-0.3, -0.25) is 32.3 Å². The van der Waals surface area contributed by atoms with Crippen LogP contribution in [0.2, 0.25) is 5.02 Å². The van der Waals surface area contributed by atoms with Crippen molar-refractivity contribution in [2.45, 2.75) is 100 Å². The molecule has 0 spiro atoms. The van der Waals surface area contributed by atoms with E-state index in [4.69, 9.17) is 22.4 Å². The Morgan fingerprint density at radius 1 is 1.04 bits per heavy atom. The van der Waals surface area contributed by atoms with Gasteiger partial charge >= 0.3 is 18.3 Å². The lowest BCUT2D eigenvalue weighted by atomic mass is 9.93. The number of amides is 2. The molecule has 0 radical (unpaired) electrons. The van der Waals surface area contributed by atoms with Crippen LogP contribution in [0.15, 0.2) is 42.5 Å². The van der Waals surface area contributed by atoms with E-state index in [1.807, 2.05) is 0 Å². The Morgan fingerprint density at radius 3 is 2.27 bits per heavy atom. The van der Waals surface area contributed by atoms with Gasteiger partial charge in [0.05, 0.1) is 51.8 Å². The molecule has 4 N–H and O–H groups in total. The summed E-state index contributed by atoms with van der Waals surface area (Å²) in [4.78, 5) is 43.1. The molecule has 2 amide bonds. The van der Waals surface area contributed by atoms with E-state index in [-0.39, 0.29) is 42.8 Å². The van der Waals surface area contributed by atoms with E-state index < -0.39 is 176 Å². The summed E-state index contributed by atoms with van der Waals surface area (Å²) in [6, 6.07) is 3.07. The van der Waals surface area contributed by atoms with Crippen molar-refractivity contribution in [1.29, 1.82) is 0 Å². The highest BCUT2D eigenvalue weighted by atomic mass is 35.5. The minimum absolute atomic E-state index is 0.0723. The molecule has 2 aliphatic carbocycles. The largest absolute Gasteiger partial charge is 0.755 e. The number of carboxylic acids is 1. The van der Waals surface area contributed by atoms with Crippen LogP contribution in [0.5, 0.6) is 0 Å². The molecule has 5 atom stereocenters. The summed E-state index contributed by atoms with van der Waals surface area (Å²) < 4.78 is 196. The number of carbonyl (C=O) groups is 3. The fourth-order valence-corrected chi connectivity index (χ4v) is 9.40. The third kappa shape index (κ3) is 11.5. The first kappa shape index (κ1) is 54.6. The SMILES string of the molecule is CC(C)(C#Cc1ccc(-c2ccc(Cl)c3c(CN(C(=O)C(N)CCC(=O)O)S(=O)[O-])nn(CC(F)(F)F)c23)c(C(Cc2cc(F)cc(F)c2)NC(=O)Cn2nc(C(F)(F)F)c3c2C(F)(F)[C@@H]2C[C@H]32)n1)S(C)(=O)=O. The second-order valence-corrected chi connectivity index (χ2v) is 21.6. The molecule has 0 saturated heterocycles. The van der Waals surface area contributed by atoms with Crippen molar-refractivity contribution in [1.82, 2.24) is 34.2 Å². The Kier molecular flexibility index (Phi) is 14.7. The van der Waals surface area contributed by atoms with Gasteiger partial charge in [-0.15, -0.1) is 0 Å². The number of hydrogen-bond donors (Lipinski definition) is 3. The second kappa shape index (κ2) is 19.6. The van der Waals surface area contributed by atoms with Crippen LogP contribution in [-0.4, -0.2) is 92.1 Å². The van der Waals surface area contributed by atoms with Crippen LogP contribution in [0, 0.1) is 29.4 Å². The number of rotatable bonds is 16. The first-order valence-corrected chi connectivity index (χ1v) is 24.7. The van der Waals surface area contributed by atoms with Crippen molar-refractivity contribution in [3.8, 4) is 23.0 Å². The fourth-order valence-electron chi connectivity index (χ4n) is 8.39. The van der Waals surface area contributed by atoms with Crippen LogP contribution < -0.4 is 11.1 Å². The maximum absolute atomic E-state index is 15.6. The first-order chi connectivity index (χ1) is 33.7. The lowest BCUT2D eigenvalue weighted by Gasteiger charge is -2.26. The molecule has 2 aliphatic rings. The van der Waals surface area contributed by atoms with Crippen molar-refractivity contribution in [2.75, 3.05) is 6.26 Å². The predicted octanol–water partition coefficient (Wildman–Crippen LogP) is 6.61. The number of pyridine rings is 1. The number of nitrogens with two attached hydrogens (primary N) is 1. The van der Waals surface area contributed by atoms with E-state index >= 15 is 8.78 Å². The van der Waals surface area contributed by atoms with Gasteiger partial charge in [0, 0.05) is 46.7 Å². The summed E-state index contributed by atoms with van der Waals surface area (Å²) in [5.74, 6) is -7.89. The van der Waals surface area contributed by atoms with Gasteiger partial charge in [0.1, 0.15) is 40.9 Å². The fraction of sp³-hybridized carbons (Fsp3) is 0.409. The van der Waals surface area contributed by atoms with Gasteiger partial charge in [-0.25, -0.2) is 22.2 Å². The minimum atomic E-state index is -5.23. The summed E-state index contributed by atoms with van der Waals surface area (Å²) in [5, 5.41) is 18.0. The van der Waals surface area contributed by atoms with Gasteiger partial charge in [-0.1, -0.05) is 23.6 Å². The Hall–Kier alpha value is -6.15. The third-order valence-corrected chi connectivity index (χ3v) is 15.0. The van der Waals surface area contributed by atoms with Crippen molar-refractivity contribution in [2.24, 2.45) is 11.7 Å². The second-order valence-electron chi connectivity index (χ2n) is 17.8. The molecule has 3 heterocycles. The number of aromatic nitrogens is 5. The quantitative estimate of drug-likeness (QED) is 0.0538. The van der Waals surface area contributed by atoms with Crippen LogP contribution in [-0.2, 0) is 73.6 Å². The maximum atomic E-state index is 15.6. The number of aliphatic carboxylic acids is 1. The molecule has 2 aromatic carbocycles. The molecule has 1 fully saturated rings. The number of benzene rings is 2. The molecule has 0 bridgehead atoms. The van der Waals surface area contributed by atoms with Crippen molar-refractivity contribution in [3.05, 3.63) is 98.7 Å². The zero-order valence-corrected chi connectivity index (χ0v) is 40.2. The molecule has 1 saturated carbocycles. The van der Waals surface area contributed by atoms with Gasteiger partial charge in [-0.2, -0.15) is 45.3 Å². The summed E-state index contributed by atoms with van der Waals surface area (Å²) in [7, 11) is -3.91. The topological polar surface area (TPSA) is 236 Å². The molecule has 5 aromatic rings. The minimum Gasteiger partial charge on any atom is -0.755 e. The molecule has 3 aromatic heterocycles. The normalized spacial score (nSPS) is 17.5. The third-order valence-electron chi connectivity index (χ3n) is 12.1. The number of hydrogen-bond acceptors (Lipinski definition) is 11. The number of sulfone groups is 1. The zero-order chi connectivity index (χ0) is 54.1. The Balaban J connectivity index is 1.44. The summed E-state index contributed by atoms with van der Waals surface area (Å²) in [6.45, 7) is -1.91. The molecule has 7 rings (SSSR count). The van der Waals surface area contributed by atoms with Gasteiger partial charge < -0.3 is 20.7 Å². The van der Waals surface area contributed by atoms with Crippen LogP contribution >= 0.6 is 11.6 Å². The van der Waals surface area contributed by atoms with Gasteiger partial charge in [0.25, 0.3) is 11.8 Å². The number of nitrogens with zero attached hydrogens (tertiary/aromatic N) is 6. The molecule has 0 aliphatic heterocycles. The number of fused-ring (bicyclic) bond motifs is 4. The summed E-state index contributed by atoms with van der Waals surface area (Å²) >= 11 is 3.09. The smallest absolute Gasteiger partial charge is 0.435 e. The maximum Gasteiger partial charge on any atom is 0.435 e. The van der Waals surface area contributed by atoms with E-state index in [1.165, 1.54) is 13.8 Å². The predicted molar refractivity (Wildman–Crippen MR) is 237 cm³/mol. The monoisotopic (exact) mass is 1100 g/mol. The molecule has 73 heavy (non-hydrogen) atoms. The van der Waals surface area contributed by atoms with Crippen molar-refractivity contribution < 1.29 is 80.6 Å². The summed E-state index contributed by atoms with van der Waals surface area (Å²) in [5.41, 5.74) is -0.548. The average molecular weight is 1100 g/mol. The number of carboxylic acid groups (broad SMARTS) is 1. The van der Waals surface area contributed by atoms with Gasteiger partial charge in [0.2, 0.25) is 5.91 Å². The van der Waals surface area contributed by atoms with Gasteiger partial charge in [-0.05, 0) is 80.8 Å². The molecule has 29 heteroatoms. The molecular weight excluding hydrogens is 1060 g/mol. The number of alkyl halides is 8. The Morgan fingerprint density at radius 2 is 1.68 bits per heavy atom. The van der Waals surface area contributed by atoms with E-state index in [2.05, 4.69) is 32.3 Å². The van der Waals surface area contributed by atoms with E-state index in [9.17, 15) is 66.7 Å². The van der Waals surface area contributed by atoms with Crippen LogP contribution in [0.4, 0.5) is 43.9 Å². The highest BCUT2D eigenvalue weighted by Gasteiger charge is 2.68. The van der Waals surface area contributed by atoms with Gasteiger partial charge in [0.15, 0.2) is 15.5 Å². The Labute approximate surface area is 414 Å². The number of halogens is 11. The Bertz CT molecular complexity index is 3260. The van der Waals surface area contributed by atoms with Crippen LogP contribution in [0.25, 0.3) is 22.0 Å². The summed E-state index contributed by atoms with van der Waals surface area (Å²) in [6.07, 6.45) is -11.7. The lowest BCUT2D eigenvalue weighted by molar-refractivity contribution is -0.143.